The van der Waals surface area contributed by atoms with E-state index in [-0.39, 0.29) is 0 Å². The molecule has 16 heavy (non-hydrogen) atoms. The highest BCUT2D eigenvalue weighted by Gasteiger charge is 2.23. The van der Waals surface area contributed by atoms with Gasteiger partial charge in [-0.05, 0) is 6.07 Å². The highest BCUT2D eigenvalue weighted by Crippen LogP contribution is 2.30. The highest BCUT2D eigenvalue weighted by molar-refractivity contribution is 5.36. The Bertz CT molecular complexity index is 431. The van der Waals surface area contributed by atoms with Crippen molar-refractivity contribution in [3.63, 3.8) is 0 Å². The molecule has 86 valence electrons. The summed E-state index contributed by atoms with van der Waals surface area (Å²) in [5, 5.41) is 36.2. The molecule has 0 bridgehead atoms. The quantitative estimate of drug-likeness (QED) is 0.721. The monoisotopic (exact) mass is 229 g/mol. The van der Waals surface area contributed by atoms with Crippen molar-refractivity contribution < 1.29 is 24.1 Å². The summed E-state index contributed by atoms with van der Waals surface area (Å²) < 4.78 is 25.7. The van der Waals surface area contributed by atoms with Crippen LogP contribution in [-0.2, 0) is 0 Å². The van der Waals surface area contributed by atoms with Crippen molar-refractivity contribution in [1.82, 2.24) is 0 Å². The second kappa shape index (κ2) is 4.88. The SMILES string of the molecule is N#CCC(O)C(O)c1cc(F)cc(F)c1O. The molecule has 1 aromatic carbocycles. The number of benzene rings is 1. The molecule has 6 heteroatoms. The van der Waals surface area contributed by atoms with Gasteiger partial charge >= 0.3 is 0 Å². The summed E-state index contributed by atoms with van der Waals surface area (Å²) in [4.78, 5) is 0. The number of aliphatic hydroxyl groups is 2. The Labute approximate surface area is 90.0 Å². The number of halogens is 2. The first-order chi connectivity index (χ1) is 7.47. The summed E-state index contributed by atoms with van der Waals surface area (Å²) in [6.07, 6.45) is -3.65. The van der Waals surface area contributed by atoms with Gasteiger partial charge in [0, 0.05) is 11.6 Å². The number of aromatic hydroxyl groups is 1. The topological polar surface area (TPSA) is 84.5 Å². The van der Waals surface area contributed by atoms with Crippen molar-refractivity contribution in [3.8, 4) is 11.8 Å². The van der Waals surface area contributed by atoms with Gasteiger partial charge in [-0.25, -0.2) is 8.78 Å². The Hall–Kier alpha value is -1.71. The van der Waals surface area contributed by atoms with Gasteiger partial charge in [0.2, 0.25) is 0 Å². The van der Waals surface area contributed by atoms with E-state index >= 15 is 0 Å². The Balaban J connectivity index is 3.08. The normalized spacial score (nSPS) is 14.2. The standard InChI is InChI=1S/C10H9F2NO3/c11-5-3-6(9(15)7(12)4-5)10(16)8(14)1-2-13/h3-4,8,10,14-16H,1H2. The van der Waals surface area contributed by atoms with Crippen molar-refractivity contribution in [2.75, 3.05) is 0 Å². The average molecular weight is 229 g/mol. The predicted molar refractivity (Wildman–Crippen MR) is 49.2 cm³/mol. The summed E-state index contributed by atoms with van der Waals surface area (Å²) in [7, 11) is 0. The van der Waals surface area contributed by atoms with Crippen molar-refractivity contribution in [2.45, 2.75) is 18.6 Å². The van der Waals surface area contributed by atoms with Crippen LogP contribution in [0.4, 0.5) is 8.78 Å². The molecule has 1 aromatic rings. The molecule has 0 aromatic heterocycles. The second-order valence-electron chi connectivity index (χ2n) is 3.20. The maximum absolute atomic E-state index is 12.9. The molecule has 2 atom stereocenters. The molecular formula is C10H9F2NO3. The summed E-state index contributed by atoms with van der Waals surface area (Å²) in [5.74, 6) is -3.17. The van der Waals surface area contributed by atoms with Crippen molar-refractivity contribution >= 4 is 0 Å². The average Bonchev–Trinajstić information content (AvgIpc) is 2.22. The van der Waals surface area contributed by atoms with Gasteiger partial charge in [-0.3, -0.25) is 0 Å². The molecule has 0 amide bonds. The van der Waals surface area contributed by atoms with Crippen LogP contribution >= 0.6 is 0 Å². The number of rotatable bonds is 3. The van der Waals surface area contributed by atoms with E-state index in [4.69, 9.17) is 5.26 Å². The van der Waals surface area contributed by atoms with Crippen molar-refractivity contribution in [3.05, 3.63) is 29.3 Å². The predicted octanol–water partition coefficient (Wildman–Crippen LogP) is 0.978. The first kappa shape index (κ1) is 12.4. The molecule has 0 fully saturated rings. The molecule has 0 spiro atoms. The summed E-state index contributed by atoms with van der Waals surface area (Å²) in [5.41, 5.74) is -0.486. The zero-order valence-corrected chi connectivity index (χ0v) is 8.06. The first-order valence-corrected chi connectivity index (χ1v) is 4.38. The van der Waals surface area contributed by atoms with E-state index in [2.05, 4.69) is 0 Å². The van der Waals surface area contributed by atoms with Gasteiger partial charge in [-0.15, -0.1) is 0 Å². The third kappa shape index (κ3) is 2.45. The number of nitriles is 1. The Morgan fingerprint density at radius 1 is 1.31 bits per heavy atom. The minimum atomic E-state index is -1.72. The lowest BCUT2D eigenvalue weighted by Crippen LogP contribution is -2.18. The van der Waals surface area contributed by atoms with Crippen LogP contribution in [0.5, 0.6) is 5.75 Å². The number of phenols is 1. The van der Waals surface area contributed by atoms with Gasteiger partial charge in [0.25, 0.3) is 0 Å². The minimum absolute atomic E-state index is 0.418. The lowest BCUT2D eigenvalue weighted by Gasteiger charge is -2.16. The number of nitrogens with zero attached hydrogens (tertiary/aromatic N) is 1. The molecule has 0 saturated carbocycles. The van der Waals surface area contributed by atoms with Crippen LogP contribution in [-0.4, -0.2) is 21.4 Å². The van der Waals surface area contributed by atoms with E-state index in [9.17, 15) is 24.1 Å². The highest BCUT2D eigenvalue weighted by atomic mass is 19.1. The fourth-order valence-electron chi connectivity index (χ4n) is 1.22. The number of phenolic OH excluding ortho intramolecular Hbond substituents is 1. The molecule has 0 radical (unpaired) electrons. The molecule has 2 unspecified atom stereocenters. The molecule has 0 heterocycles. The van der Waals surface area contributed by atoms with Crippen LogP contribution < -0.4 is 0 Å². The van der Waals surface area contributed by atoms with E-state index in [0.717, 1.165) is 0 Å². The number of aliphatic hydroxyl groups excluding tert-OH is 2. The third-order valence-corrected chi connectivity index (χ3v) is 2.04. The van der Waals surface area contributed by atoms with Gasteiger partial charge in [-0.2, -0.15) is 5.26 Å². The van der Waals surface area contributed by atoms with Crippen LogP contribution in [0.1, 0.15) is 18.1 Å². The zero-order valence-electron chi connectivity index (χ0n) is 8.06. The second-order valence-corrected chi connectivity index (χ2v) is 3.20. The van der Waals surface area contributed by atoms with Gasteiger partial charge in [0.15, 0.2) is 11.6 Å². The van der Waals surface area contributed by atoms with Gasteiger partial charge in [-0.1, -0.05) is 0 Å². The molecule has 3 N–H and O–H groups in total. The summed E-state index contributed by atoms with van der Waals surface area (Å²) in [6.45, 7) is 0. The molecular weight excluding hydrogens is 220 g/mol. The van der Waals surface area contributed by atoms with Crippen LogP contribution in [0, 0.1) is 23.0 Å². The van der Waals surface area contributed by atoms with Gasteiger partial charge < -0.3 is 15.3 Å². The molecule has 0 aliphatic heterocycles. The van der Waals surface area contributed by atoms with Crippen LogP contribution in [0.2, 0.25) is 0 Å². The maximum Gasteiger partial charge on any atom is 0.168 e. The van der Waals surface area contributed by atoms with E-state index in [1.807, 2.05) is 0 Å². The van der Waals surface area contributed by atoms with E-state index in [1.54, 1.807) is 6.07 Å². The van der Waals surface area contributed by atoms with Gasteiger partial charge in [0.1, 0.15) is 11.9 Å². The third-order valence-electron chi connectivity index (χ3n) is 2.04. The first-order valence-electron chi connectivity index (χ1n) is 4.38. The Kier molecular flexibility index (Phi) is 3.77. The molecule has 0 aliphatic carbocycles. The van der Waals surface area contributed by atoms with Crippen molar-refractivity contribution in [2.24, 2.45) is 0 Å². The zero-order chi connectivity index (χ0) is 12.3. The molecule has 4 nitrogen and oxygen atoms in total. The smallest absolute Gasteiger partial charge is 0.168 e. The Morgan fingerprint density at radius 2 is 1.94 bits per heavy atom. The lowest BCUT2D eigenvalue weighted by atomic mass is 10.0. The van der Waals surface area contributed by atoms with Crippen molar-refractivity contribution in [1.29, 1.82) is 5.26 Å². The number of hydrogen-bond acceptors (Lipinski definition) is 4. The minimum Gasteiger partial charge on any atom is -0.505 e. The lowest BCUT2D eigenvalue weighted by molar-refractivity contribution is 0.0198. The maximum atomic E-state index is 12.9. The Morgan fingerprint density at radius 3 is 2.50 bits per heavy atom. The summed E-state index contributed by atoms with van der Waals surface area (Å²) >= 11 is 0. The fraction of sp³-hybridized carbons (Fsp3) is 0.300. The molecule has 0 saturated heterocycles. The van der Waals surface area contributed by atoms with Crippen LogP contribution in [0.25, 0.3) is 0 Å². The summed E-state index contributed by atoms with van der Waals surface area (Å²) in [6, 6.07) is 2.73. The van der Waals surface area contributed by atoms with Gasteiger partial charge in [0.05, 0.1) is 18.6 Å². The van der Waals surface area contributed by atoms with E-state index in [0.29, 0.717) is 12.1 Å². The van der Waals surface area contributed by atoms with E-state index < -0.39 is 41.6 Å². The molecule has 0 aliphatic rings. The van der Waals surface area contributed by atoms with E-state index in [1.165, 1.54) is 0 Å². The number of hydrogen-bond donors (Lipinski definition) is 3. The fourth-order valence-corrected chi connectivity index (χ4v) is 1.22. The van der Waals surface area contributed by atoms with Crippen LogP contribution in [0.3, 0.4) is 0 Å². The molecule has 1 rings (SSSR count). The van der Waals surface area contributed by atoms with Crippen LogP contribution in [0.15, 0.2) is 12.1 Å². The largest absolute Gasteiger partial charge is 0.505 e.